The molecular weight excluding hydrogens is 216 g/mol. The van der Waals surface area contributed by atoms with Crippen LogP contribution >= 0.6 is 0 Å². The zero-order chi connectivity index (χ0) is 12.3. The molecule has 5 nitrogen and oxygen atoms in total. The van der Waals surface area contributed by atoms with Gasteiger partial charge in [0.15, 0.2) is 6.10 Å². The van der Waals surface area contributed by atoms with E-state index in [2.05, 4.69) is 29.1 Å². The zero-order valence-electron chi connectivity index (χ0n) is 10.4. The molecule has 0 N–H and O–H groups in total. The Balaban J connectivity index is 2.02. The van der Waals surface area contributed by atoms with E-state index in [1.807, 2.05) is 11.6 Å². The summed E-state index contributed by atoms with van der Waals surface area (Å²) in [4.78, 5) is 2.25. The lowest BCUT2D eigenvalue weighted by Gasteiger charge is -2.29. The number of hydrogen-bond donors (Lipinski definition) is 0. The van der Waals surface area contributed by atoms with Crippen LogP contribution < -0.4 is 0 Å². The van der Waals surface area contributed by atoms with Crippen LogP contribution in [0.15, 0.2) is 6.07 Å². The van der Waals surface area contributed by atoms with Crippen LogP contribution in [-0.4, -0.2) is 40.5 Å². The van der Waals surface area contributed by atoms with E-state index < -0.39 is 0 Å². The monoisotopic (exact) mass is 234 g/mol. The third-order valence-electron chi connectivity index (χ3n) is 2.97. The van der Waals surface area contributed by atoms with Crippen LogP contribution in [0.1, 0.15) is 18.3 Å². The van der Waals surface area contributed by atoms with E-state index in [-0.39, 0.29) is 6.10 Å². The highest BCUT2D eigenvalue weighted by Crippen LogP contribution is 2.11. The lowest BCUT2D eigenvalue weighted by Crippen LogP contribution is -2.41. The number of aryl methyl sites for hydroxylation is 2. The van der Waals surface area contributed by atoms with Crippen LogP contribution in [0.2, 0.25) is 0 Å². The summed E-state index contributed by atoms with van der Waals surface area (Å²) in [6.45, 7) is 8.03. The van der Waals surface area contributed by atoms with Crippen molar-refractivity contribution in [1.82, 2.24) is 14.7 Å². The van der Waals surface area contributed by atoms with Crippen LogP contribution in [0.3, 0.4) is 0 Å². The quantitative estimate of drug-likeness (QED) is 0.781. The van der Waals surface area contributed by atoms with Gasteiger partial charge in [-0.15, -0.1) is 0 Å². The van der Waals surface area contributed by atoms with Crippen molar-refractivity contribution in [3.8, 4) is 6.07 Å². The smallest absolute Gasteiger partial charge is 0.156 e. The first-order chi connectivity index (χ1) is 8.22. The molecule has 17 heavy (non-hydrogen) atoms. The Bertz CT molecular complexity index is 421. The van der Waals surface area contributed by atoms with Crippen LogP contribution in [0.5, 0.6) is 0 Å². The minimum Gasteiger partial charge on any atom is -0.361 e. The molecule has 0 aliphatic carbocycles. The topological polar surface area (TPSA) is 54.1 Å². The van der Waals surface area contributed by atoms with Crippen LogP contribution in [0.4, 0.5) is 0 Å². The van der Waals surface area contributed by atoms with Gasteiger partial charge in [0.2, 0.25) is 0 Å². The molecule has 2 rings (SSSR count). The first-order valence-electron chi connectivity index (χ1n) is 6.00. The van der Waals surface area contributed by atoms with Gasteiger partial charge in [0, 0.05) is 26.2 Å². The SMILES string of the molecule is CCn1nc(C)cc1CN1CCOC(C#N)C1. The fourth-order valence-electron chi connectivity index (χ4n) is 2.15. The Hall–Kier alpha value is -1.38. The Labute approximate surface area is 102 Å². The second-order valence-corrected chi connectivity index (χ2v) is 4.32. The molecule has 0 radical (unpaired) electrons. The molecule has 1 aromatic heterocycles. The lowest BCUT2D eigenvalue weighted by molar-refractivity contribution is -0.00357. The summed E-state index contributed by atoms with van der Waals surface area (Å²) in [5.41, 5.74) is 2.26. The van der Waals surface area contributed by atoms with Crippen molar-refractivity contribution in [3.05, 3.63) is 17.5 Å². The summed E-state index contributed by atoms with van der Waals surface area (Å²) in [7, 11) is 0. The van der Waals surface area contributed by atoms with Crippen molar-refractivity contribution in [2.24, 2.45) is 0 Å². The molecule has 1 atom stereocenters. The maximum atomic E-state index is 8.86. The molecule has 5 heteroatoms. The molecule has 1 aliphatic heterocycles. The van der Waals surface area contributed by atoms with E-state index in [0.717, 1.165) is 25.3 Å². The summed E-state index contributed by atoms with van der Waals surface area (Å²) in [6.07, 6.45) is -0.289. The largest absolute Gasteiger partial charge is 0.361 e. The average molecular weight is 234 g/mol. The van der Waals surface area contributed by atoms with Gasteiger partial charge in [-0.1, -0.05) is 0 Å². The third kappa shape index (κ3) is 2.84. The maximum Gasteiger partial charge on any atom is 0.156 e. The second-order valence-electron chi connectivity index (χ2n) is 4.32. The minimum absolute atomic E-state index is 0.289. The standard InChI is InChI=1S/C12H18N4O/c1-3-16-11(6-10(2)14-16)8-15-4-5-17-12(7-13)9-15/h6,12H,3-5,8-9H2,1-2H3. The van der Waals surface area contributed by atoms with Crippen LogP contribution in [0.25, 0.3) is 0 Å². The van der Waals surface area contributed by atoms with Gasteiger partial charge >= 0.3 is 0 Å². The Morgan fingerprint density at radius 1 is 1.65 bits per heavy atom. The number of hydrogen-bond acceptors (Lipinski definition) is 4. The predicted octanol–water partition coefficient (Wildman–Crippen LogP) is 0.936. The highest BCUT2D eigenvalue weighted by atomic mass is 16.5. The predicted molar refractivity (Wildman–Crippen MR) is 63.3 cm³/mol. The minimum atomic E-state index is -0.289. The van der Waals surface area contributed by atoms with Gasteiger partial charge in [0.25, 0.3) is 0 Å². The fourth-order valence-corrected chi connectivity index (χ4v) is 2.15. The Morgan fingerprint density at radius 3 is 3.18 bits per heavy atom. The van der Waals surface area contributed by atoms with Gasteiger partial charge in [-0.25, -0.2) is 0 Å². The highest BCUT2D eigenvalue weighted by molar-refractivity contribution is 5.09. The number of morpholine rings is 1. The van der Waals surface area contributed by atoms with Crippen molar-refractivity contribution in [3.63, 3.8) is 0 Å². The summed E-state index contributed by atoms with van der Waals surface area (Å²) in [5.74, 6) is 0. The van der Waals surface area contributed by atoms with Crippen molar-refractivity contribution >= 4 is 0 Å². The molecule has 0 aromatic carbocycles. The summed E-state index contributed by atoms with van der Waals surface area (Å²) in [5, 5.41) is 13.3. The molecule has 92 valence electrons. The summed E-state index contributed by atoms with van der Waals surface area (Å²) >= 11 is 0. The summed E-state index contributed by atoms with van der Waals surface area (Å²) in [6, 6.07) is 4.28. The average Bonchev–Trinajstić information content (AvgIpc) is 2.69. The molecule has 2 heterocycles. The third-order valence-corrected chi connectivity index (χ3v) is 2.97. The van der Waals surface area contributed by atoms with E-state index in [9.17, 15) is 0 Å². The normalized spacial score (nSPS) is 21.4. The molecular formula is C12H18N4O. The molecule has 1 saturated heterocycles. The lowest BCUT2D eigenvalue weighted by atomic mass is 10.2. The van der Waals surface area contributed by atoms with Crippen LogP contribution in [-0.2, 0) is 17.8 Å². The van der Waals surface area contributed by atoms with E-state index in [1.165, 1.54) is 5.69 Å². The van der Waals surface area contributed by atoms with E-state index in [0.29, 0.717) is 13.2 Å². The van der Waals surface area contributed by atoms with Crippen LogP contribution in [0, 0.1) is 18.3 Å². The zero-order valence-corrected chi connectivity index (χ0v) is 10.4. The Morgan fingerprint density at radius 2 is 2.47 bits per heavy atom. The molecule has 1 aliphatic rings. The fraction of sp³-hybridized carbons (Fsp3) is 0.667. The van der Waals surface area contributed by atoms with E-state index in [1.54, 1.807) is 0 Å². The van der Waals surface area contributed by atoms with Crippen molar-refractivity contribution in [2.75, 3.05) is 19.7 Å². The van der Waals surface area contributed by atoms with Gasteiger partial charge in [-0.3, -0.25) is 9.58 Å². The van der Waals surface area contributed by atoms with E-state index in [4.69, 9.17) is 10.00 Å². The molecule has 1 aromatic rings. The van der Waals surface area contributed by atoms with Crippen molar-refractivity contribution < 1.29 is 4.74 Å². The van der Waals surface area contributed by atoms with Gasteiger partial charge in [-0.05, 0) is 19.9 Å². The first-order valence-corrected chi connectivity index (χ1v) is 6.00. The number of aromatic nitrogens is 2. The molecule has 1 unspecified atom stereocenters. The van der Waals surface area contributed by atoms with E-state index >= 15 is 0 Å². The van der Waals surface area contributed by atoms with Crippen molar-refractivity contribution in [2.45, 2.75) is 33.0 Å². The van der Waals surface area contributed by atoms with Gasteiger partial charge in [-0.2, -0.15) is 10.4 Å². The maximum absolute atomic E-state index is 8.86. The molecule has 1 fully saturated rings. The number of ether oxygens (including phenoxy) is 1. The second kappa shape index (κ2) is 5.30. The molecule has 0 saturated carbocycles. The van der Waals surface area contributed by atoms with Gasteiger partial charge in [0.05, 0.1) is 24.1 Å². The molecule has 0 bridgehead atoms. The Kier molecular flexibility index (Phi) is 3.77. The number of rotatable bonds is 3. The molecule has 0 amide bonds. The number of nitriles is 1. The molecule has 0 spiro atoms. The number of nitrogens with zero attached hydrogens (tertiary/aromatic N) is 4. The van der Waals surface area contributed by atoms with Gasteiger partial charge < -0.3 is 4.74 Å². The van der Waals surface area contributed by atoms with Gasteiger partial charge in [0.1, 0.15) is 0 Å². The highest BCUT2D eigenvalue weighted by Gasteiger charge is 2.20. The van der Waals surface area contributed by atoms with Crippen molar-refractivity contribution in [1.29, 1.82) is 5.26 Å². The first kappa shape index (κ1) is 12.1. The summed E-state index contributed by atoms with van der Waals surface area (Å²) < 4.78 is 7.35.